The van der Waals surface area contributed by atoms with Gasteiger partial charge in [-0.1, -0.05) is 41.9 Å². The van der Waals surface area contributed by atoms with Gasteiger partial charge in [-0.2, -0.15) is 0 Å². The summed E-state index contributed by atoms with van der Waals surface area (Å²) in [6.45, 7) is 4.50. The summed E-state index contributed by atoms with van der Waals surface area (Å²) in [4.78, 5) is 30.2. The highest BCUT2D eigenvalue weighted by Gasteiger charge is 2.26. The monoisotopic (exact) mass is 429 g/mol. The van der Waals surface area contributed by atoms with E-state index in [2.05, 4.69) is 17.2 Å². The highest BCUT2D eigenvalue weighted by atomic mass is 35.5. The largest absolute Gasteiger partial charge is 0.325 e. The first-order valence-corrected chi connectivity index (χ1v) is 10.7. The lowest BCUT2D eigenvalue weighted by Gasteiger charge is -2.12. The molecule has 26 heavy (non-hydrogen) atoms. The summed E-state index contributed by atoms with van der Waals surface area (Å²) in [5.74, 6) is -0.0534. The standard InChI is InChI=1S/C17H17Cl2N3O2S2/c1-3-22-16(24)15-13(6-9(2)26-15)21-17(22)25-8-14(23)20-10-4-5-11(18)12(19)7-10/h4-5,7,9H,3,6,8H2,1-2H3,(H,20,23)/t9-/m1/s1. The molecule has 1 aliphatic rings. The molecule has 5 nitrogen and oxygen atoms in total. The van der Waals surface area contributed by atoms with Gasteiger partial charge in [0, 0.05) is 23.9 Å². The van der Waals surface area contributed by atoms with Crippen molar-refractivity contribution in [1.82, 2.24) is 9.55 Å². The van der Waals surface area contributed by atoms with Crippen LogP contribution in [0, 0.1) is 0 Å². The van der Waals surface area contributed by atoms with Crippen molar-refractivity contribution in [2.24, 2.45) is 0 Å². The molecule has 0 unspecified atom stereocenters. The van der Waals surface area contributed by atoms with Crippen molar-refractivity contribution in [2.45, 2.75) is 42.1 Å². The molecule has 9 heteroatoms. The Morgan fingerprint density at radius 3 is 2.88 bits per heavy atom. The quantitative estimate of drug-likeness (QED) is 0.565. The molecule has 0 saturated heterocycles. The van der Waals surface area contributed by atoms with Gasteiger partial charge in [0.1, 0.15) is 0 Å². The number of carbonyl (C=O) groups is 1. The van der Waals surface area contributed by atoms with E-state index < -0.39 is 0 Å². The van der Waals surface area contributed by atoms with Gasteiger partial charge in [0.15, 0.2) is 5.16 Å². The van der Waals surface area contributed by atoms with Gasteiger partial charge in [-0.25, -0.2) is 4.98 Å². The topological polar surface area (TPSA) is 64.0 Å². The number of amides is 1. The Labute approximate surface area is 169 Å². The highest BCUT2D eigenvalue weighted by molar-refractivity contribution is 8.00. The average molecular weight is 430 g/mol. The van der Waals surface area contributed by atoms with Crippen LogP contribution in [0.5, 0.6) is 0 Å². The van der Waals surface area contributed by atoms with Crippen LogP contribution in [0.3, 0.4) is 0 Å². The number of carbonyl (C=O) groups excluding carboxylic acids is 1. The predicted molar refractivity (Wildman–Crippen MR) is 109 cm³/mol. The van der Waals surface area contributed by atoms with Gasteiger partial charge in [0.2, 0.25) is 5.91 Å². The van der Waals surface area contributed by atoms with Gasteiger partial charge in [0.25, 0.3) is 5.56 Å². The molecule has 138 valence electrons. The number of anilines is 1. The Hall–Kier alpha value is -1.15. The van der Waals surface area contributed by atoms with Gasteiger partial charge in [-0.05, 0) is 25.1 Å². The van der Waals surface area contributed by atoms with Gasteiger partial charge in [-0.3, -0.25) is 14.2 Å². The number of benzene rings is 1. The molecule has 0 radical (unpaired) electrons. The Morgan fingerprint density at radius 2 is 2.19 bits per heavy atom. The Morgan fingerprint density at radius 1 is 1.42 bits per heavy atom. The van der Waals surface area contributed by atoms with Crippen molar-refractivity contribution in [1.29, 1.82) is 0 Å². The zero-order valence-electron chi connectivity index (χ0n) is 14.2. The van der Waals surface area contributed by atoms with Crippen molar-refractivity contribution in [3.05, 3.63) is 44.3 Å². The van der Waals surface area contributed by atoms with Crippen LogP contribution in [0.15, 0.2) is 33.0 Å². The van der Waals surface area contributed by atoms with E-state index in [0.29, 0.717) is 32.7 Å². The Bertz CT molecular complexity index is 918. The van der Waals surface area contributed by atoms with E-state index >= 15 is 0 Å². The first-order chi connectivity index (χ1) is 12.4. The van der Waals surface area contributed by atoms with E-state index in [1.165, 1.54) is 11.8 Å². The van der Waals surface area contributed by atoms with Crippen LogP contribution in [0.25, 0.3) is 0 Å². The Balaban J connectivity index is 1.72. The summed E-state index contributed by atoms with van der Waals surface area (Å²) in [6, 6.07) is 4.91. The second kappa shape index (κ2) is 8.25. The molecule has 2 aromatic rings. The first-order valence-electron chi connectivity index (χ1n) is 8.07. The van der Waals surface area contributed by atoms with Crippen molar-refractivity contribution in [2.75, 3.05) is 11.1 Å². The van der Waals surface area contributed by atoms with Gasteiger partial charge in [0.05, 0.1) is 26.4 Å². The summed E-state index contributed by atoms with van der Waals surface area (Å²) in [7, 11) is 0. The summed E-state index contributed by atoms with van der Waals surface area (Å²) < 4.78 is 1.63. The molecule has 1 aliphatic heterocycles. The molecule has 1 amide bonds. The number of nitrogens with zero attached hydrogens (tertiary/aromatic N) is 2. The van der Waals surface area contributed by atoms with Crippen LogP contribution in [0.1, 0.15) is 19.5 Å². The van der Waals surface area contributed by atoms with E-state index in [-0.39, 0.29) is 17.2 Å². The fraction of sp³-hybridized carbons (Fsp3) is 0.353. The number of aromatic nitrogens is 2. The minimum atomic E-state index is -0.200. The second-order valence-electron chi connectivity index (χ2n) is 5.82. The number of fused-ring (bicyclic) bond motifs is 1. The van der Waals surface area contributed by atoms with Crippen LogP contribution >= 0.6 is 46.7 Å². The average Bonchev–Trinajstić information content (AvgIpc) is 2.97. The molecule has 1 aromatic carbocycles. The van der Waals surface area contributed by atoms with Gasteiger partial charge >= 0.3 is 0 Å². The predicted octanol–water partition coefficient (Wildman–Crippen LogP) is 4.34. The van der Waals surface area contributed by atoms with Crippen molar-refractivity contribution in [3.8, 4) is 0 Å². The third-order valence-corrected chi connectivity index (χ3v) is 6.75. The van der Waals surface area contributed by atoms with Crippen LogP contribution in [-0.4, -0.2) is 26.5 Å². The molecule has 0 fully saturated rings. The minimum absolute atomic E-state index is 0.0146. The summed E-state index contributed by atoms with van der Waals surface area (Å²) in [5, 5.41) is 4.51. The molecular weight excluding hydrogens is 413 g/mol. The number of thioether (sulfide) groups is 2. The summed E-state index contributed by atoms with van der Waals surface area (Å²) >= 11 is 14.7. The molecule has 0 aliphatic carbocycles. The molecule has 0 saturated carbocycles. The number of hydrogen-bond donors (Lipinski definition) is 1. The van der Waals surface area contributed by atoms with E-state index in [4.69, 9.17) is 23.2 Å². The lowest BCUT2D eigenvalue weighted by Crippen LogP contribution is -2.25. The van der Waals surface area contributed by atoms with Crippen LogP contribution < -0.4 is 10.9 Å². The van der Waals surface area contributed by atoms with Crippen LogP contribution in [0.4, 0.5) is 5.69 Å². The molecular formula is C17H17Cl2N3O2S2. The van der Waals surface area contributed by atoms with E-state index in [1.807, 2.05) is 6.92 Å². The molecule has 0 bridgehead atoms. The molecule has 1 atom stereocenters. The number of halogens is 2. The summed E-state index contributed by atoms with van der Waals surface area (Å²) in [6.07, 6.45) is 0.781. The number of hydrogen-bond acceptors (Lipinski definition) is 5. The van der Waals surface area contributed by atoms with E-state index in [1.54, 1.807) is 34.5 Å². The maximum Gasteiger partial charge on any atom is 0.268 e. The number of rotatable bonds is 5. The molecule has 0 spiro atoms. The summed E-state index contributed by atoms with van der Waals surface area (Å²) in [5.41, 5.74) is 1.40. The van der Waals surface area contributed by atoms with Gasteiger partial charge < -0.3 is 5.32 Å². The zero-order valence-corrected chi connectivity index (χ0v) is 17.4. The SMILES string of the molecule is CCn1c(SCC(=O)Nc2ccc(Cl)c(Cl)c2)nc2c(c1=O)S[C@H](C)C2. The van der Waals surface area contributed by atoms with E-state index in [0.717, 1.165) is 17.0 Å². The maximum atomic E-state index is 12.6. The Kier molecular flexibility index (Phi) is 6.22. The fourth-order valence-electron chi connectivity index (χ4n) is 2.62. The third-order valence-electron chi connectivity index (χ3n) is 3.81. The molecule has 1 aromatic heterocycles. The normalized spacial score (nSPS) is 15.8. The third kappa shape index (κ3) is 4.22. The second-order valence-corrected chi connectivity index (χ2v) is 9.02. The molecule has 3 rings (SSSR count). The van der Waals surface area contributed by atoms with Crippen molar-refractivity contribution >= 4 is 58.3 Å². The minimum Gasteiger partial charge on any atom is -0.325 e. The van der Waals surface area contributed by atoms with Crippen LogP contribution in [0.2, 0.25) is 10.0 Å². The van der Waals surface area contributed by atoms with Crippen molar-refractivity contribution < 1.29 is 4.79 Å². The molecule has 2 heterocycles. The smallest absolute Gasteiger partial charge is 0.268 e. The lowest BCUT2D eigenvalue weighted by atomic mass is 10.2. The molecule has 1 N–H and O–H groups in total. The maximum absolute atomic E-state index is 12.6. The first kappa shape index (κ1) is 19.6. The highest BCUT2D eigenvalue weighted by Crippen LogP contribution is 2.34. The zero-order chi connectivity index (χ0) is 18.8. The fourth-order valence-corrected chi connectivity index (χ4v) is 4.91. The van der Waals surface area contributed by atoms with E-state index in [9.17, 15) is 9.59 Å². The lowest BCUT2D eigenvalue weighted by molar-refractivity contribution is -0.113. The van der Waals surface area contributed by atoms with Crippen LogP contribution in [-0.2, 0) is 17.8 Å². The van der Waals surface area contributed by atoms with Gasteiger partial charge in [-0.15, -0.1) is 11.8 Å². The number of nitrogens with one attached hydrogen (secondary N) is 1. The van der Waals surface area contributed by atoms with Crippen molar-refractivity contribution in [3.63, 3.8) is 0 Å².